The van der Waals surface area contributed by atoms with Crippen molar-refractivity contribution in [2.75, 3.05) is 49.3 Å². The predicted octanol–water partition coefficient (Wildman–Crippen LogP) is 3.54. The normalized spacial score (nSPS) is 29.1. The van der Waals surface area contributed by atoms with Crippen molar-refractivity contribution in [1.82, 2.24) is 60.1 Å². The fraction of sp³-hybridized carbons (Fsp3) is 0.746. The Morgan fingerprint density at radius 1 is 0.506 bits per heavy atom. The molecular weight excluding hydrogens is 1120 g/mol. The van der Waals surface area contributed by atoms with Gasteiger partial charge in [0.1, 0.15) is 66.5 Å². The van der Waals surface area contributed by atoms with Crippen LogP contribution in [0.5, 0.6) is 0 Å². The number of hydrogen-bond donors (Lipinski definition) is 3. The van der Waals surface area contributed by atoms with E-state index in [1.807, 2.05) is 73.6 Å². The van der Waals surface area contributed by atoms with Gasteiger partial charge in [-0.1, -0.05) is 82.2 Å². The molecule has 0 spiro atoms. The number of nitrogens with one attached hydrogen (secondary N) is 3. The molecule has 2 unspecified atom stereocenters. The van der Waals surface area contributed by atoms with Crippen LogP contribution in [-0.2, 0) is 59.1 Å². The molecule has 4 aliphatic rings. The summed E-state index contributed by atoms with van der Waals surface area (Å²) in [6.45, 7) is 24.7. The van der Waals surface area contributed by atoms with Crippen LogP contribution in [0.25, 0.3) is 0 Å². The van der Waals surface area contributed by atoms with Crippen molar-refractivity contribution in [1.29, 1.82) is 0 Å². The zero-order valence-electron chi connectivity index (χ0n) is 55.8. The van der Waals surface area contributed by atoms with Gasteiger partial charge in [0.2, 0.25) is 59.1 Å². The van der Waals surface area contributed by atoms with E-state index in [1.54, 1.807) is 33.9 Å². The van der Waals surface area contributed by atoms with Crippen molar-refractivity contribution in [3.05, 3.63) is 30.1 Å². The molecule has 4 bridgehead atoms. The Morgan fingerprint density at radius 3 is 1.48 bits per heavy atom. The summed E-state index contributed by atoms with van der Waals surface area (Å²) in [7, 11) is 10.1. The standard InChI is InChI=1S/C63H104N12O12/c1-22-43-57(80)68(15)40(13)56(79)69(16)46(31-35(4)5)55(78)66-49(38(10)11)60(83)70(17)45(30-34(2)3)54(77)65-39(12)53(76)67-63(86)72(19)48(33-37(8)9)58(81)71(18)47(32-36(6)7)59(82)73(20)50-41(14)87-52-44(28-25-27-42-26-23-24-29-64-42)75(43)62(85)51(52)74(21)61(50)84/h23-24,26,29,34-41,43-52H,22,25,27-28,30-33H2,1-21H3,(H,65,77)(H,66,78)(H,67,76,86)/t39-,40-,41?,43-,44-,45-,46+,47?,48-,49-,50+,51+,52-/m1/s1. The van der Waals surface area contributed by atoms with Gasteiger partial charge in [-0.2, -0.15) is 0 Å². The van der Waals surface area contributed by atoms with Gasteiger partial charge in [0.15, 0.2) is 0 Å². The number of aromatic nitrogens is 1. The average molecular weight is 1220 g/mol. The van der Waals surface area contributed by atoms with Crippen LogP contribution >= 0.6 is 0 Å². The van der Waals surface area contributed by atoms with Crippen LogP contribution in [-0.4, -0.2) is 237 Å². The number of nitrogens with zero attached hydrogens (tertiary/aromatic N) is 9. The van der Waals surface area contributed by atoms with Crippen molar-refractivity contribution in [2.45, 2.75) is 227 Å². The number of rotatable bonds is 14. The first-order valence-corrected chi connectivity index (χ1v) is 31.2. The molecule has 1 aromatic heterocycles. The van der Waals surface area contributed by atoms with Crippen LogP contribution in [0.4, 0.5) is 4.79 Å². The van der Waals surface area contributed by atoms with Crippen molar-refractivity contribution in [2.24, 2.45) is 29.6 Å². The molecule has 13 atom stereocenters. The maximum absolute atomic E-state index is 15.4. The number of aryl methyl sites for hydroxylation is 1. The van der Waals surface area contributed by atoms with Crippen LogP contribution in [0.3, 0.4) is 0 Å². The smallest absolute Gasteiger partial charge is 0.324 e. The molecule has 5 rings (SSSR count). The molecule has 24 nitrogen and oxygen atoms in total. The summed E-state index contributed by atoms with van der Waals surface area (Å²) >= 11 is 0. The summed E-state index contributed by atoms with van der Waals surface area (Å²) in [6, 6.07) is -8.32. The first kappa shape index (κ1) is 72.8. The summed E-state index contributed by atoms with van der Waals surface area (Å²) in [4.78, 5) is 177. The highest BCUT2D eigenvalue weighted by molar-refractivity contribution is 6.02. The molecule has 5 heterocycles. The zero-order chi connectivity index (χ0) is 66.0. The van der Waals surface area contributed by atoms with E-state index in [1.165, 1.54) is 97.5 Å². The summed E-state index contributed by atoms with van der Waals surface area (Å²) in [5.41, 5.74) is 0.800. The average Bonchev–Trinajstić information content (AvgIpc) is 1.79. The van der Waals surface area contributed by atoms with Gasteiger partial charge in [0.25, 0.3) is 0 Å². The number of pyridine rings is 1. The minimum atomic E-state index is -1.33. The summed E-state index contributed by atoms with van der Waals surface area (Å²) < 4.78 is 6.91. The highest BCUT2D eigenvalue weighted by Crippen LogP contribution is 2.37. The number of hydrogen-bond acceptors (Lipinski definition) is 13. The highest BCUT2D eigenvalue weighted by atomic mass is 16.5. The van der Waals surface area contributed by atoms with Gasteiger partial charge in [0, 0.05) is 61.2 Å². The Hall–Kier alpha value is -6.72. The lowest BCUT2D eigenvalue weighted by molar-refractivity contribution is -0.156. The maximum Gasteiger partial charge on any atom is 0.324 e. The van der Waals surface area contributed by atoms with E-state index in [4.69, 9.17) is 4.74 Å². The van der Waals surface area contributed by atoms with Gasteiger partial charge in [-0.25, -0.2) is 4.79 Å². The van der Waals surface area contributed by atoms with Crippen LogP contribution in [0, 0.1) is 29.6 Å². The minimum Gasteiger partial charge on any atom is -0.368 e. The number of likely N-dealkylation sites (N-methyl/N-ethyl adjacent to an activating group) is 7. The topological polar surface area (TPSA) is 272 Å². The fourth-order valence-electron chi connectivity index (χ4n) is 12.2. The molecule has 0 radical (unpaired) electrons. The van der Waals surface area contributed by atoms with Crippen LogP contribution in [0.2, 0.25) is 0 Å². The Bertz CT molecular complexity index is 2620. The van der Waals surface area contributed by atoms with Gasteiger partial charge in [0.05, 0.1) is 12.1 Å². The summed E-state index contributed by atoms with van der Waals surface area (Å²) in [5, 5.41) is 7.87. The third-order valence-electron chi connectivity index (χ3n) is 17.5. The van der Waals surface area contributed by atoms with Gasteiger partial charge >= 0.3 is 6.03 Å². The number of imide groups is 1. The molecule has 0 saturated carbocycles. The second-order valence-electron chi connectivity index (χ2n) is 26.5. The van der Waals surface area contributed by atoms with E-state index in [-0.39, 0.29) is 55.8 Å². The molecule has 488 valence electrons. The van der Waals surface area contributed by atoms with Crippen molar-refractivity contribution < 1.29 is 57.5 Å². The van der Waals surface area contributed by atoms with Crippen LogP contribution < -0.4 is 16.0 Å². The van der Waals surface area contributed by atoms with E-state index in [0.29, 0.717) is 19.3 Å². The third-order valence-corrected chi connectivity index (χ3v) is 17.5. The van der Waals surface area contributed by atoms with Crippen LogP contribution in [0.1, 0.15) is 148 Å². The van der Waals surface area contributed by atoms with Gasteiger partial charge in [-0.05, 0) is 114 Å². The monoisotopic (exact) mass is 1220 g/mol. The van der Waals surface area contributed by atoms with Gasteiger partial charge in [-0.3, -0.25) is 58.2 Å². The SMILES string of the molecule is CC[C@@H]1C(=O)N(C)[C@H](C)C(=O)N(C)[C@@H](CC(C)C)C(=O)N[C@H](C(C)C)C(=O)N(C)[C@H](CC(C)C)C(=O)N[C@H](C)C(=O)NC(=O)N(C)[C@H](CC(C)C)C(=O)N(C)C(CC(C)C)C(=O)N(C)[C@@H]2C(=O)N(C)[C@@H]3C(=O)N1[C@H](CCCc1ccccn1)[C@H]3OC2C. The highest BCUT2D eigenvalue weighted by Gasteiger charge is 2.59. The number of carbonyl (C=O) groups is 11. The lowest BCUT2D eigenvalue weighted by atomic mass is 9.96. The number of ether oxygens (including phenoxy) is 1. The molecule has 0 aromatic carbocycles. The number of carbonyl (C=O) groups excluding carboxylic acids is 11. The molecular formula is C63H104N12O12. The molecule has 3 N–H and O–H groups in total. The van der Waals surface area contributed by atoms with E-state index < -0.39 is 150 Å². The van der Waals surface area contributed by atoms with Crippen molar-refractivity contribution in [3.63, 3.8) is 0 Å². The van der Waals surface area contributed by atoms with Gasteiger partial charge in [-0.15, -0.1) is 0 Å². The quantitative estimate of drug-likeness (QED) is 0.225. The second kappa shape index (κ2) is 31.5. The molecule has 1 aromatic rings. The molecule has 4 fully saturated rings. The lowest BCUT2D eigenvalue weighted by Gasteiger charge is -2.40. The lowest BCUT2D eigenvalue weighted by Crippen LogP contribution is -2.62. The Morgan fingerprint density at radius 2 is 0.977 bits per heavy atom. The first-order chi connectivity index (χ1) is 40.5. The van der Waals surface area contributed by atoms with E-state index in [0.717, 1.165) is 10.6 Å². The van der Waals surface area contributed by atoms with Crippen molar-refractivity contribution in [3.8, 4) is 0 Å². The summed E-state index contributed by atoms with van der Waals surface area (Å²) in [5.74, 6) is -7.64. The second-order valence-corrected chi connectivity index (χ2v) is 26.5. The molecule has 4 saturated heterocycles. The molecule has 24 heteroatoms. The molecule has 0 aliphatic carbocycles. The number of urea groups is 1. The predicted molar refractivity (Wildman–Crippen MR) is 329 cm³/mol. The largest absolute Gasteiger partial charge is 0.368 e. The zero-order valence-corrected chi connectivity index (χ0v) is 55.8. The number of amides is 12. The van der Waals surface area contributed by atoms with Crippen LogP contribution in [0.15, 0.2) is 24.4 Å². The Kier molecular flexibility index (Phi) is 26.3. The van der Waals surface area contributed by atoms with E-state index >= 15 is 19.2 Å². The molecule has 87 heavy (non-hydrogen) atoms. The number of fused-ring (bicyclic) bond motifs is 27. The molecule has 4 aliphatic heterocycles. The van der Waals surface area contributed by atoms with E-state index in [9.17, 15) is 33.6 Å². The van der Waals surface area contributed by atoms with Gasteiger partial charge < -0.3 is 54.6 Å². The fourth-order valence-corrected chi connectivity index (χ4v) is 12.2. The van der Waals surface area contributed by atoms with E-state index in [2.05, 4.69) is 20.9 Å². The Balaban J connectivity index is 1.93. The third kappa shape index (κ3) is 17.3. The maximum atomic E-state index is 15.4. The minimum absolute atomic E-state index is 0.102. The Labute approximate surface area is 516 Å². The summed E-state index contributed by atoms with van der Waals surface area (Å²) in [6.07, 6.45) is 1.58. The van der Waals surface area contributed by atoms with Crippen molar-refractivity contribution >= 4 is 65.1 Å². The first-order valence-electron chi connectivity index (χ1n) is 31.2. The molecule has 12 amide bonds.